The van der Waals surface area contributed by atoms with Gasteiger partial charge in [0.2, 0.25) is 10.0 Å². The van der Waals surface area contributed by atoms with E-state index in [-0.39, 0.29) is 53.4 Å². The lowest BCUT2D eigenvalue weighted by atomic mass is 10.0. The van der Waals surface area contributed by atoms with Crippen LogP contribution in [0.3, 0.4) is 0 Å². The molecule has 0 saturated heterocycles. The van der Waals surface area contributed by atoms with Gasteiger partial charge in [-0.2, -0.15) is 12.7 Å². The number of benzene rings is 3. The van der Waals surface area contributed by atoms with E-state index >= 15 is 0 Å². The standard InChI is InChI=1S/C38H49N5O9S2/c1-27(2)22-43(23-35(51-28(3)44)32(20-29-14-10-8-11-15-29)40-37(45)52-38(4,5)6)54(48,49)31-18-19-34(50-25-30-16-12-9-13-17-30)33(21-31)41-53(46,47)36-24-42(7)26-39-36/h8-19,21,24,26-27,32,35,41H,20,22-23,25H2,1-7H3,(H,40,45)/t32-,35+/m0/s1. The van der Waals surface area contributed by atoms with Crippen LogP contribution in [0.25, 0.3) is 0 Å². The zero-order valence-electron chi connectivity index (χ0n) is 31.6. The minimum absolute atomic E-state index is 0.00809. The third-order valence-corrected chi connectivity index (χ3v) is 10.8. The van der Waals surface area contributed by atoms with Crippen molar-refractivity contribution in [3.63, 3.8) is 0 Å². The van der Waals surface area contributed by atoms with Crippen molar-refractivity contribution in [2.24, 2.45) is 13.0 Å². The number of alkyl carbamates (subject to hydrolysis) is 1. The number of amides is 1. The normalized spacial score (nSPS) is 13.3. The number of carbonyl (C=O) groups excluding carboxylic acids is 2. The molecule has 0 bridgehead atoms. The highest BCUT2D eigenvalue weighted by atomic mass is 32.2. The molecule has 4 aromatic rings. The van der Waals surface area contributed by atoms with Gasteiger partial charge in [0.25, 0.3) is 10.0 Å². The number of hydrogen-bond acceptors (Lipinski definition) is 10. The second kappa shape index (κ2) is 17.9. The van der Waals surface area contributed by atoms with Crippen molar-refractivity contribution in [2.75, 3.05) is 17.8 Å². The summed E-state index contributed by atoms with van der Waals surface area (Å²) in [5, 5.41) is 2.53. The zero-order chi connectivity index (χ0) is 39.7. The van der Waals surface area contributed by atoms with E-state index < -0.39 is 49.9 Å². The highest BCUT2D eigenvalue weighted by molar-refractivity contribution is 7.92. The van der Waals surface area contributed by atoms with Gasteiger partial charge < -0.3 is 24.1 Å². The first-order chi connectivity index (χ1) is 25.3. The van der Waals surface area contributed by atoms with E-state index in [1.165, 1.54) is 42.2 Å². The number of sulfonamides is 2. The molecular weight excluding hydrogens is 735 g/mol. The lowest BCUT2D eigenvalue weighted by Crippen LogP contribution is -2.53. The van der Waals surface area contributed by atoms with E-state index in [4.69, 9.17) is 14.2 Å². The van der Waals surface area contributed by atoms with Gasteiger partial charge in [-0.3, -0.25) is 9.52 Å². The molecule has 14 nitrogen and oxygen atoms in total. The SMILES string of the molecule is CC(=O)O[C@H](CN(CC(C)C)S(=O)(=O)c1ccc(OCc2ccccc2)c(NS(=O)(=O)c2cn(C)cn2)c1)[C@H](Cc1ccccc1)NC(=O)OC(C)(C)C. The van der Waals surface area contributed by atoms with Gasteiger partial charge in [0.05, 0.1) is 29.5 Å². The van der Waals surface area contributed by atoms with Crippen molar-refractivity contribution >= 4 is 37.8 Å². The Labute approximate surface area is 317 Å². The number of aryl methyl sites for hydroxylation is 1. The van der Waals surface area contributed by atoms with Crippen LogP contribution in [0.4, 0.5) is 10.5 Å². The molecule has 2 atom stereocenters. The summed E-state index contributed by atoms with van der Waals surface area (Å²) in [6.45, 7) is 9.71. The number of esters is 1. The molecule has 0 unspecified atom stereocenters. The predicted octanol–water partition coefficient (Wildman–Crippen LogP) is 5.51. The molecule has 0 radical (unpaired) electrons. The van der Waals surface area contributed by atoms with Gasteiger partial charge >= 0.3 is 12.1 Å². The lowest BCUT2D eigenvalue weighted by molar-refractivity contribution is -0.148. The Kier molecular flexibility index (Phi) is 13.9. The molecule has 0 saturated carbocycles. The van der Waals surface area contributed by atoms with Crippen LogP contribution in [0.5, 0.6) is 5.75 Å². The van der Waals surface area contributed by atoms with Crippen molar-refractivity contribution in [3.05, 3.63) is 103 Å². The molecule has 1 aromatic heterocycles. The largest absolute Gasteiger partial charge is 0.487 e. The molecule has 0 spiro atoms. The molecule has 4 rings (SSSR count). The first kappa shape index (κ1) is 41.8. The van der Waals surface area contributed by atoms with Crippen molar-refractivity contribution in [1.29, 1.82) is 0 Å². The molecule has 2 N–H and O–H groups in total. The summed E-state index contributed by atoms with van der Waals surface area (Å²) in [6, 6.07) is 21.3. The van der Waals surface area contributed by atoms with Gasteiger partial charge in [0.15, 0.2) is 5.03 Å². The van der Waals surface area contributed by atoms with Crippen molar-refractivity contribution < 1.29 is 40.6 Å². The summed E-state index contributed by atoms with van der Waals surface area (Å²) in [7, 11) is -7.08. The van der Waals surface area contributed by atoms with E-state index in [0.29, 0.717) is 0 Å². The first-order valence-corrected chi connectivity index (χ1v) is 20.3. The van der Waals surface area contributed by atoms with Crippen LogP contribution < -0.4 is 14.8 Å². The Hall–Kier alpha value is -4.93. The van der Waals surface area contributed by atoms with E-state index in [2.05, 4.69) is 15.0 Å². The van der Waals surface area contributed by atoms with Crippen LogP contribution in [-0.4, -0.2) is 73.6 Å². The predicted molar refractivity (Wildman–Crippen MR) is 204 cm³/mol. The Morgan fingerprint density at radius 2 is 1.54 bits per heavy atom. The van der Waals surface area contributed by atoms with E-state index in [0.717, 1.165) is 15.4 Å². The second-order valence-corrected chi connectivity index (χ2v) is 17.8. The maximum absolute atomic E-state index is 14.6. The Morgan fingerprint density at radius 3 is 2.09 bits per heavy atom. The number of hydrogen-bond donors (Lipinski definition) is 2. The fourth-order valence-corrected chi connectivity index (χ4v) is 8.11. The number of nitrogens with zero attached hydrogens (tertiary/aromatic N) is 3. The molecule has 3 aromatic carbocycles. The van der Waals surface area contributed by atoms with Gasteiger partial charge in [-0.15, -0.1) is 0 Å². The smallest absolute Gasteiger partial charge is 0.408 e. The van der Waals surface area contributed by atoms with Crippen LogP contribution in [0.1, 0.15) is 52.7 Å². The first-order valence-electron chi connectivity index (χ1n) is 17.3. The molecular formula is C38H49N5O9S2. The van der Waals surface area contributed by atoms with Crippen LogP contribution in [0.2, 0.25) is 0 Å². The number of nitrogens with one attached hydrogen (secondary N) is 2. The molecule has 0 aliphatic heterocycles. The quantitative estimate of drug-likeness (QED) is 0.130. The Morgan fingerprint density at radius 1 is 0.907 bits per heavy atom. The molecule has 292 valence electrons. The topological polar surface area (TPSA) is 175 Å². The molecule has 1 amide bonds. The van der Waals surface area contributed by atoms with Gasteiger partial charge in [0.1, 0.15) is 24.1 Å². The van der Waals surface area contributed by atoms with Crippen LogP contribution in [0, 0.1) is 5.92 Å². The summed E-state index contributed by atoms with van der Waals surface area (Å²) in [4.78, 5) is 29.3. The summed E-state index contributed by atoms with van der Waals surface area (Å²) in [5.41, 5.74) is 0.632. The summed E-state index contributed by atoms with van der Waals surface area (Å²) in [5.74, 6) is -0.799. The van der Waals surface area contributed by atoms with Gasteiger partial charge in [-0.25, -0.2) is 18.2 Å². The second-order valence-electron chi connectivity index (χ2n) is 14.2. The summed E-state index contributed by atoms with van der Waals surface area (Å²) < 4.78 is 78.4. The Bertz CT molecular complexity index is 2080. The lowest BCUT2D eigenvalue weighted by Gasteiger charge is -2.33. The molecule has 1 heterocycles. The number of anilines is 1. The van der Waals surface area contributed by atoms with E-state index in [9.17, 15) is 26.4 Å². The van der Waals surface area contributed by atoms with Crippen LogP contribution in [-0.2, 0) is 54.4 Å². The highest BCUT2D eigenvalue weighted by Crippen LogP contribution is 2.32. The third kappa shape index (κ3) is 12.3. The average Bonchev–Trinajstić information content (AvgIpc) is 3.53. The molecule has 0 aliphatic carbocycles. The number of carbonyl (C=O) groups is 2. The van der Waals surface area contributed by atoms with Crippen molar-refractivity contribution in [1.82, 2.24) is 19.2 Å². The van der Waals surface area contributed by atoms with Crippen molar-refractivity contribution in [3.8, 4) is 5.75 Å². The zero-order valence-corrected chi connectivity index (χ0v) is 33.2. The monoisotopic (exact) mass is 783 g/mol. The van der Waals surface area contributed by atoms with E-state index in [1.807, 2.05) is 74.5 Å². The Balaban J connectivity index is 1.75. The molecule has 0 fully saturated rings. The van der Waals surface area contributed by atoms with Gasteiger partial charge in [-0.1, -0.05) is 74.5 Å². The summed E-state index contributed by atoms with van der Waals surface area (Å²) >= 11 is 0. The summed E-state index contributed by atoms with van der Waals surface area (Å²) in [6.07, 6.45) is 0.882. The average molecular weight is 784 g/mol. The van der Waals surface area contributed by atoms with Gasteiger partial charge in [0, 0.05) is 26.7 Å². The highest BCUT2D eigenvalue weighted by Gasteiger charge is 2.35. The maximum Gasteiger partial charge on any atom is 0.408 e. The molecule has 0 aliphatic rings. The molecule has 54 heavy (non-hydrogen) atoms. The number of aromatic nitrogens is 2. The maximum atomic E-state index is 14.6. The fourth-order valence-electron chi connectivity index (χ4n) is 5.43. The third-order valence-electron chi connectivity index (χ3n) is 7.75. The minimum Gasteiger partial charge on any atom is -0.487 e. The number of ether oxygens (including phenoxy) is 3. The van der Waals surface area contributed by atoms with Crippen LogP contribution >= 0.6 is 0 Å². The molecule has 16 heteroatoms. The van der Waals surface area contributed by atoms with Gasteiger partial charge in [-0.05, 0) is 62.4 Å². The number of rotatable bonds is 17. The van der Waals surface area contributed by atoms with Crippen molar-refractivity contribution in [2.45, 2.75) is 82.2 Å². The number of imidazole rings is 1. The fraction of sp³-hybridized carbons (Fsp3) is 0.395. The minimum atomic E-state index is -4.43. The van der Waals surface area contributed by atoms with Crippen LogP contribution in [0.15, 0.2) is 101 Å². The van der Waals surface area contributed by atoms with E-state index in [1.54, 1.807) is 27.8 Å².